The normalized spacial score (nSPS) is 19.0. The van der Waals surface area contributed by atoms with Gasteiger partial charge in [0.05, 0.1) is 0 Å². The van der Waals surface area contributed by atoms with E-state index in [4.69, 9.17) is 23.2 Å². The van der Waals surface area contributed by atoms with Crippen LogP contribution in [-0.2, 0) is 6.42 Å². The molecule has 0 aromatic heterocycles. The monoisotopic (exact) mass is 228 g/mol. The molecule has 0 heterocycles. The van der Waals surface area contributed by atoms with E-state index in [1.54, 1.807) is 0 Å². The molecule has 1 aromatic carbocycles. The molecule has 0 bridgehead atoms. The van der Waals surface area contributed by atoms with Crippen LogP contribution >= 0.6 is 23.2 Å². The maximum absolute atomic E-state index is 6.32. The lowest BCUT2D eigenvalue weighted by atomic mass is 9.81. The lowest BCUT2D eigenvalue weighted by Gasteiger charge is -2.29. The second-order valence-corrected chi connectivity index (χ2v) is 5.03. The third kappa shape index (κ3) is 2.43. The molecule has 0 radical (unpaired) electrons. The molecule has 0 nitrogen and oxygen atoms in total. The van der Waals surface area contributed by atoms with Crippen LogP contribution in [0.3, 0.4) is 0 Å². The van der Waals surface area contributed by atoms with Crippen molar-refractivity contribution in [3.8, 4) is 0 Å². The second-order valence-electron chi connectivity index (χ2n) is 4.04. The van der Waals surface area contributed by atoms with Crippen molar-refractivity contribution in [3.05, 3.63) is 34.9 Å². The SMILES string of the molecule is Clc1ccc(CC(Cl)C2CCC2)cc1. The molecule has 76 valence electrons. The average Bonchev–Trinajstić information content (AvgIpc) is 2.06. The summed E-state index contributed by atoms with van der Waals surface area (Å²) in [6, 6.07) is 8.00. The fourth-order valence-corrected chi connectivity index (χ4v) is 2.37. The minimum atomic E-state index is 0.310. The molecule has 1 fully saturated rings. The van der Waals surface area contributed by atoms with E-state index in [2.05, 4.69) is 12.1 Å². The van der Waals surface area contributed by atoms with Gasteiger partial charge in [0.2, 0.25) is 0 Å². The Morgan fingerprint density at radius 1 is 1.21 bits per heavy atom. The molecule has 1 unspecified atom stereocenters. The van der Waals surface area contributed by atoms with Crippen LogP contribution in [0.2, 0.25) is 5.02 Å². The zero-order chi connectivity index (χ0) is 9.97. The van der Waals surface area contributed by atoms with Crippen LogP contribution in [0.25, 0.3) is 0 Å². The fraction of sp³-hybridized carbons (Fsp3) is 0.500. The van der Waals surface area contributed by atoms with Crippen LogP contribution < -0.4 is 0 Å². The third-order valence-corrected chi connectivity index (χ3v) is 3.77. The highest BCUT2D eigenvalue weighted by Crippen LogP contribution is 2.34. The number of halogens is 2. The molecular weight excluding hydrogens is 215 g/mol. The van der Waals surface area contributed by atoms with Crippen LogP contribution in [0.15, 0.2) is 24.3 Å². The summed E-state index contributed by atoms with van der Waals surface area (Å²) in [5.41, 5.74) is 1.29. The van der Waals surface area contributed by atoms with Gasteiger partial charge in [0.25, 0.3) is 0 Å². The maximum atomic E-state index is 6.32. The lowest BCUT2D eigenvalue weighted by Crippen LogP contribution is -2.24. The molecule has 0 amide bonds. The van der Waals surface area contributed by atoms with Crippen LogP contribution in [0.5, 0.6) is 0 Å². The van der Waals surface area contributed by atoms with Gasteiger partial charge in [-0.15, -0.1) is 11.6 Å². The first-order valence-electron chi connectivity index (χ1n) is 5.14. The topological polar surface area (TPSA) is 0 Å². The van der Waals surface area contributed by atoms with Crippen LogP contribution in [0, 0.1) is 5.92 Å². The smallest absolute Gasteiger partial charge is 0.0406 e. The van der Waals surface area contributed by atoms with Gasteiger partial charge in [0.1, 0.15) is 0 Å². The molecule has 2 heteroatoms. The van der Waals surface area contributed by atoms with Gasteiger partial charge in [-0.3, -0.25) is 0 Å². The molecule has 2 rings (SSSR count). The Morgan fingerprint density at radius 2 is 1.86 bits per heavy atom. The highest BCUT2D eigenvalue weighted by atomic mass is 35.5. The Kier molecular flexibility index (Phi) is 3.35. The molecule has 1 aromatic rings. The van der Waals surface area contributed by atoms with Gasteiger partial charge in [0.15, 0.2) is 0 Å². The first-order chi connectivity index (χ1) is 6.75. The molecule has 1 atom stereocenters. The van der Waals surface area contributed by atoms with E-state index in [1.165, 1.54) is 24.8 Å². The van der Waals surface area contributed by atoms with Gasteiger partial charge in [-0.25, -0.2) is 0 Å². The minimum absolute atomic E-state index is 0.310. The van der Waals surface area contributed by atoms with Crippen molar-refractivity contribution in [2.24, 2.45) is 5.92 Å². The Morgan fingerprint density at radius 3 is 2.36 bits per heavy atom. The predicted octanol–water partition coefficient (Wildman–Crippen LogP) is 4.29. The summed E-state index contributed by atoms with van der Waals surface area (Å²) in [7, 11) is 0. The molecule has 0 N–H and O–H groups in total. The zero-order valence-corrected chi connectivity index (χ0v) is 9.56. The Balaban J connectivity index is 1.92. The largest absolute Gasteiger partial charge is 0.122 e. The summed E-state index contributed by atoms with van der Waals surface area (Å²) in [6.45, 7) is 0. The van der Waals surface area contributed by atoms with Gasteiger partial charge in [0, 0.05) is 10.4 Å². The standard InChI is InChI=1S/C12H14Cl2/c13-11-6-4-9(5-7-11)8-12(14)10-2-1-3-10/h4-7,10,12H,1-3,8H2. The van der Waals surface area contributed by atoms with Gasteiger partial charge >= 0.3 is 0 Å². The first kappa shape index (κ1) is 10.3. The van der Waals surface area contributed by atoms with E-state index in [9.17, 15) is 0 Å². The van der Waals surface area contributed by atoms with E-state index in [1.807, 2.05) is 12.1 Å². The van der Waals surface area contributed by atoms with E-state index < -0.39 is 0 Å². The van der Waals surface area contributed by atoms with Crippen molar-refractivity contribution in [1.82, 2.24) is 0 Å². The number of alkyl halides is 1. The molecule has 1 aliphatic rings. The zero-order valence-electron chi connectivity index (χ0n) is 8.05. The Labute approximate surface area is 95.2 Å². The van der Waals surface area contributed by atoms with Crippen molar-refractivity contribution in [3.63, 3.8) is 0 Å². The summed E-state index contributed by atoms with van der Waals surface area (Å²) in [5, 5.41) is 1.11. The molecule has 0 aliphatic heterocycles. The molecule has 1 saturated carbocycles. The summed E-state index contributed by atoms with van der Waals surface area (Å²) >= 11 is 12.1. The molecule has 0 spiro atoms. The van der Waals surface area contributed by atoms with Gasteiger partial charge in [-0.2, -0.15) is 0 Å². The molecule has 0 saturated heterocycles. The maximum Gasteiger partial charge on any atom is 0.0406 e. The lowest BCUT2D eigenvalue weighted by molar-refractivity contribution is 0.302. The van der Waals surface area contributed by atoms with E-state index in [0.717, 1.165) is 17.4 Å². The number of rotatable bonds is 3. The van der Waals surface area contributed by atoms with Crippen molar-refractivity contribution >= 4 is 23.2 Å². The van der Waals surface area contributed by atoms with Gasteiger partial charge < -0.3 is 0 Å². The highest BCUT2D eigenvalue weighted by Gasteiger charge is 2.25. The Hall–Kier alpha value is -0.200. The molecular formula is C12H14Cl2. The van der Waals surface area contributed by atoms with Crippen molar-refractivity contribution in [2.75, 3.05) is 0 Å². The van der Waals surface area contributed by atoms with E-state index in [-0.39, 0.29) is 0 Å². The molecule has 14 heavy (non-hydrogen) atoms. The van der Waals surface area contributed by atoms with Crippen molar-refractivity contribution < 1.29 is 0 Å². The summed E-state index contributed by atoms with van der Waals surface area (Å²) in [6.07, 6.45) is 4.95. The predicted molar refractivity (Wildman–Crippen MR) is 62.1 cm³/mol. The second kappa shape index (κ2) is 4.55. The minimum Gasteiger partial charge on any atom is -0.122 e. The van der Waals surface area contributed by atoms with Gasteiger partial charge in [-0.1, -0.05) is 30.2 Å². The fourth-order valence-electron chi connectivity index (χ4n) is 1.81. The molecule has 1 aliphatic carbocycles. The quantitative estimate of drug-likeness (QED) is 0.678. The number of benzene rings is 1. The summed E-state index contributed by atoms with van der Waals surface area (Å²) in [5.74, 6) is 0.743. The first-order valence-corrected chi connectivity index (χ1v) is 5.95. The Bertz CT molecular complexity index is 288. The van der Waals surface area contributed by atoms with Crippen LogP contribution in [0.4, 0.5) is 0 Å². The van der Waals surface area contributed by atoms with E-state index in [0.29, 0.717) is 5.38 Å². The van der Waals surface area contributed by atoms with Crippen LogP contribution in [0.1, 0.15) is 24.8 Å². The van der Waals surface area contributed by atoms with Crippen molar-refractivity contribution in [2.45, 2.75) is 31.1 Å². The van der Waals surface area contributed by atoms with E-state index >= 15 is 0 Å². The average molecular weight is 229 g/mol. The summed E-state index contributed by atoms with van der Waals surface area (Å²) in [4.78, 5) is 0. The van der Waals surface area contributed by atoms with Crippen LogP contribution in [-0.4, -0.2) is 5.38 Å². The number of hydrogen-bond acceptors (Lipinski definition) is 0. The highest BCUT2D eigenvalue weighted by molar-refractivity contribution is 6.30. The van der Waals surface area contributed by atoms with Gasteiger partial charge in [-0.05, 0) is 42.9 Å². The van der Waals surface area contributed by atoms with Crippen molar-refractivity contribution in [1.29, 1.82) is 0 Å². The third-order valence-electron chi connectivity index (χ3n) is 3.01. The summed E-state index contributed by atoms with van der Waals surface area (Å²) < 4.78 is 0. The number of hydrogen-bond donors (Lipinski definition) is 0.